The van der Waals surface area contributed by atoms with Crippen molar-refractivity contribution in [1.29, 1.82) is 0 Å². The molecule has 3 rings (SSSR count). The molecule has 184 valence electrons. The molecule has 0 aliphatic rings. The van der Waals surface area contributed by atoms with Gasteiger partial charge in [0, 0.05) is 29.9 Å². The number of carbonyl (C=O) groups is 4. The SMILES string of the molecule is C[C@@H](N)C(=O)NNC(=O)N[C@@H](Cc1ccccc1)C(=O)N[C@@H](Cc1c[nH]c2ccccc12)C(N)=O. The van der Waals surface area contributed by atoms with Crippen LogP contribution in [-0.4, -0.2) is 46.9 Å². The third kappa shape index (κ3) is 7.05. The number of primary amides is 1. The number of carbonyl (C=O) groups excluding carboxylic acids is 4. The van der Waals surface area contributed by atoms with E-state index in [0.717, 1.165) is 22.0 Å². The Morgan fingerprint density at radius 3 is 2.23 bits per heavy atom. The van der Waals surface area contributed by atoms with Crippen molar-refractivity contribution >= 4 is 34.7 Å². The summed E-state index contributed by atoms with van der Waals surface area (Å²) in [7, 11) is 0. The van der Waals surface area contributed by atoms with Crippen LogP contribution in [0.15, 0.2) is 60.8 Å². The molecule has 0 aliphatic heterocycles. The van der Waals surface area contributed by atoms with Gasteiger partial charge in [-0.25, -0.2) is 10.2 Å². The van der Waals surface area contributed by atoms with Crippen molar-refractivity contribution in [2.75, 3.05) is 0 Å². The lowest BCUT2D eigenvalue weighted by Crippen LogP contribution is -2.58. The van der Waals surface area contributed by atoms with Crippen LogP contribution in [0.3, 0.4) is 0 Å². The van der Waals surface area contributed by atoms with Crippen LogP contribution >= 0.6 is 0 Å². The maximum Gasteiger partial charge on any atom is 0.334 e. The van der Waals surface area contributed by atoms with Gasteiger partial charge in [0.15, 0.2) is 0 Å². The lowest BCUT2D eigenvalue weighted by Gasteiger charge is -2.22. The smallest absolute Gasteiger partial charge is 0.334 e. The number of rotatable bonds is 9. The molecule has 0 saturated heterocycles. The first-order valence-corrected chi connectivity index (χ1v) is 11.0. The maximum absolute atomic E-state index is 13.2. The first kappa shape index (κ1) is 25.2. The van der Waals surface area contributed by atoms with E-state index in [1.54, 1.807) is 30.5 Å². The minimum absolute atomic E-state index is 0.139. The average molecular weight is 480 g/mol. The van der Waals surface area contributed by atoms with Crippen LogP contribution in [0.1, 0.15) is 18.1 Å². The van der Waals surface area contributed by atoms with Crippen LogP contribution in [0.4, 0.5) is 4.79 Å². The van der Waals surface area contributed by atoms with Gasteiger partial charge in [0.05, 0.1) is 6.04 Å². The van der Waals surface area contributed by atoms with Gasteiger partial charge in [-0.05, 0) is 24.1 Å². The molecule has 0 bridgehead atoms. The second-order valence-corrected chi connectivity index (χ2v) is 8.15. The van der Waals surface area contributed by atoms with E-state index < -0.39 is 41.9 Å². The maximum atomic E-state index is 13.2. The van der Waals surface area contributed by atoms with Crippen LogP contribution in [0.25, 0.3) is 10.9 Å². The van der Waals surface area contributed by atoms with Crippen LogP contribution in [0, 0.1) is 0 Å². The Hall–Kier alpha value is -4.38. The van der Waals surface area contributed by atoms with Crippen molar-refractivity contribution in [1.82, 2.24) is 26.5 Å². The fraction of sp³-hybridized carbons (Fsp3) is 0.250. The number of hydrogen-bond donors (Lipinski definition) is 7. The summed E-state index contributed by atoms with van der Waals surface area (Å²) in [6.45, 7) is 1.46. The second-order valence-electron chi connectivity index (χ2n) is 8.15. The molecular weight excluding hydrogens is 450 g/mol. The third-order valence-electron chi connectivity index (χ3n) is 5.38. The van der Waals surface area contributed by atoms with Crippen molar-refractivity contribution in [3.05, 3.63) is 71.9 Å². The zero-order valence-electron chi connectivity index (χ0n) is 19.2. The van der Waals surface area contributed by atoms with Crippen molar-refractivity contribution in [3.63, 3.8) is 0 Å². The van der Waals surface area contributed by atoms with Gasteiger partial charge < -0.3 is 27.1 Å². The molecule has 3 aromatic rings. The van der Waals surface area contributed by atoms with E-state index in [0.29, 0.717) is 0 Å². The molecule has 0 aliphatic carbocycles. The number of nitrogens with one attached hydrogen (secondary N) is 5. The molecule has 11 heteroatoms. The van der Waals surface area contributed by atoms with E-state index in [4.69, 9.17) is 11.5 Å². The fourth-order valence-electron chi connectivity index (χ4n) is 3.50. The van der Waals surface area contributed by atoms with E-state index in [1.807, 2.05) is 30.3 Å². The largest absolute Gasteiger partial charge is 0.368 e. The van der Waals surface area contributed by atoms with Crippen LogP contribution in [0.5, 0.6) is 0 Å². The Kier molecular flexibility index (Phi) is 8.41. The summed E-state index contributed by atoms with van der Waals surface area (Å²) >= 11 is 0. The number of fused-ring (bicyclic) bond motifs is 1. The lowest BCUT2D eigenvalue weighted by atomic mass is 10.0. The number of nitrogens with two attached hydrogens (primary N) is 2. The number of aromatic amines is 1. The monoisotopic (exact) mass is 479 g/mol. The van der Waals surface area contributed by atoms with Gasteiger partial charge >= 0.3 is 6.03 Å². The normalized spacial score (nSPS) is 13.3. The number of para-hydroxylation sites is 1. The third-order valence-corrected chi connectivity index (χ3v) is 5.38. The first-order chi connectivity index (χ1) is 16.7. The highest BCUT2D eigenvalue weighted by Gasteiger charge is 2.27. The summed E-state index contributed by atoms with van der Waals surface area (Å²) in [5.41, 5.74) is 17.8. The first-order valence-electron chi connectivity index (χ1n) is 11.0. The highest BCUT2D eigenvalue weighted by molar-refractivity contribution is 5.93. The minimum Gasteiger partial charge on any atom is -0.368 e. The summed E-state index contributed by atoms with van der Waals surface area (Å²) in [5, 5.41) is 6.08. The van der Waals surface area contributed by atoms with Crippen molar-refractivity contribution in [2.45, 2.75) is 37.9 Å². The highest BCUT2D eigenvalue weighted by Crippen LogP contribution is 2.19. The quantitative estimate of drug-likeness (QED) is 0.212. The zero-order valence-corrected chi connectivity index (χ0v) is 19.2. The average Bonchev–Trinajstić information content (AvgIpc) is 3.25. The van der Waals surface area contributed by atoms with E-state index >= 15 is 0 Å². The summed E-state index contributed by atoms with van der Waals surface area (Å²) in [6.07, 6.45) is 2.07. The Morgan fingerprint density at radius 2 is 1.54 bits per heavy atom. The van der Waals surface area contributed by atoms with E-state index in [1.165, 1.54) is 6.92 Å². The van der Waals surface area contributed by atoms with E-state index in [-0.39, 0.29) is 12.8 Å². The van der Waals surface area contributed by atoms with Gasteiger partial charge in [-0.15, -0.1) is 0 Å². The number of aromatic nitrogens is 1. The Morgan fingerprint density at radius 1 is 0.857 bits per heavy atom. The molecule has 11 nitrogen and oxygen atoms in total. The number of benzene rings is 2. The van der Waals surface area contributed by atoms with E-state index in [2.05, 4.69) is 26.5 Å². The molecule has 1 heterocycles. The second kappa shape index (κ2) is 11.7. The molecule has 0 spiro atoms. The molecule has 9 N–H and O–H groups in total. The van der Waals surface area contributed by atoms with Gasteiger partial charge in [-0.3, -0.25) is 19.8 Å². The molecule has 0 radical (unpaired) electrons. The topological polar surface area (TPSA) is 184 Å². The summed E-state index contributed by atoms with van der Waals surface area (Å²) < 4.78 is 0. The standard InChI is InChI=1S/C24H29N7O4/c1-14(25)22(33)30-31-24(35)29-20(11-15-7-3-2-4-8-15)23(34)28-19(21(26)32)12-16-13-27-18-10-6-5-9-17(16)18/h2-10,13-14,19-20,27H,11-12,25H2,1H3,(H2,26,32)(H,28,34)(H,30,33)(H2,29,31,35)/t14-,19+,20+/m1/s1. The molecule has 0 unspecified atom stereocenters. The zero-order chi connectivity index (χ0) is 25.4. The van der Waals surface area contributed by atoms with Crippen LogP contribution in [0.2, 0.25) is 0 Å². The van der Waals surface area contributed by atoms with Crippen molar-refractivity contribution in [2.24, 2.45) is 11.5 Å². The van der Waals surface area contributed by atoms with Gasteiger partial charge in [0.25, 0.3) is 5.91 Å². The predicted molar refractivity (Wildman–Crippen MR) is 131 cm³/mol. The Bertz CT molecular complexity index is 1190. The molecule has 5 amide bonds. The molecule has 3 atom stereocenters. The number of urea groups is 1. The molecule has 0 saturated carbocycles. The molecule has 2 aromatic carbocycles. The number of hydrazine groups is 1. The lowest BCUT2D eigenvalue weighted by molar-refractivity contribution is -0.128. The van der Waals surface area contributed by atoms with Gasteiger partial charge in [-0.1, -0.05) is 48.5 Å². The Labute approximate surface area is 202 Å². The Balaban J connectivity index is 1.73. The van der Waals surface area contributed by atoms with Gasteiger partial charge in [0.1, 0.15) is 12.1 Å². The number of hydrogen-bond acceptors (Lipinski definition) is 5. The summed E-state index contributed by atoms with van der Waals surface area (Å²) in [5.74, 6) is -1.92. The predicted octanol–water partition coefficient (Wildman–Crippen LogP) is -0.0306. The summed E-state index contributed by atoms with van der Waals surface area (Å²) in [6, 6.07) is 12.9. The minimum atomic E-state index is -1.06. The van der Waals surface area contributed by atoms with Gasteiger partial charge in [-0.2, -0.15) is 0 Å². The highest BCUT2D eigenvalue weighted by atomic mass is 16.2. The van der Waals surface area contributed by atoms with Crippen molar-refractivity contribution in [3.8, 4) is 0 Å². The molecular formula is C24H29N7O4. The van der Waals surface area contributed by atoms with E-state index in [9.17, 15) is 19.2 Å². The van der Waals surface area contributed by atoms with Crippen molar-refractivity contribution < 1.29 is 19.2 Å². The van der Waals surface area contributed by atoms with Crippen LogP contribution in [-0.2, 0) is 27.2 Å². The van der Waals surface area contributed by atoms with Crippen LogP contribution < -0.4 is 33.0 Å². The number of amides is 5. The molecule has 35 heavy (non-hydrogen) atoms. The number of H-pyrrole nitrogens is 1. The molecule has 1 aromatic heterocycles. The summed E-state index contributed by atoms with van der Waals surface area (Å²) in [4.78, 5) is 52.4. The fourth-order valence-corrected chi connectivity index (χ4v) is 3.50. The van der Waals surface area contributed by atoms with Gasteiger partial charge in [0.2, 0.25) is 11.8 Å². The molecule has 0 fully saturated rings.